The van der Waals surface area contributed by atoms with Crippen molar-refractivity contribution >= 4 is 32.8 Å². The minimum absolute atomic E-state index is 0.0147. The Balaban J connectivity index is 1.71. The van der Waals surface area contributed by atoms with Crippen LogP contribution in [-0.4, -0.2) is 39.0 Å². The molecule has 8 heteroatoms. The number of anilines is 3. The van der Waals surface area contributed by atoms with Crippen molar-refractivity contribution in [2.45, 2.75) is 6.42 Å². The van der Waals surface area contributed by atoms with Crippen LogP contribution >= 0.6 is 0 Å². The Morgan fingerprint density at radius 2 is 2.24 bits per heavy atom. The van der Waals surface area contributed by atoms with Gasteiger partial charge in [0.25, 0.3) is 5.91 Å². The molecule has 114 valence electrons. The average molecular weight is 311 g/mol. The standard InChI is InChI=1S/C13H17N3O4S/c14-9-3-12-11(16-13(17)6-20-12)4-10(9)15-5-8-1-2-21(18,19)7-8/h3-4,8,15H,1-2,5-7,14H2,(H,16,17). The van der Waals surface area contributed by atoms with Crippen LogP contribution in [-0.2, 0) is 14.6 Å². The topological polar surface area (TPSA) is 111 Å². The number of hydrogen-bond donors (Lipinski definition) is 3. The third-order valence-corrected chi connectivity index (χ3v) is 5.53. The summed E-state index contributed by atoms with van der Waals surface area (Å²) < 4.78 is 28.1. The monoisotopic (exact) mass is 311 g/mol. The van der Waals surface area contributed by atoms with Crippen LogP contribution in [0.3, 0.4) is 0 Å². The van der Waals surface area contributed by atoms with Crippen LogP contribution in [0.25, 0.3) is 0 Å². The Morgan fingerprint density at radius 1 is 1.43 bits per heavy atom. The highest BCUT2D eigenvalue weighted by atomic mass is 32.2. The Kier molecular flexibility index (Phi) is 3.40. The van der Waals surface area contributed by atoms with Crippen LogP contribution in [0.2, 0.25) is 0 Å². The summed E-state index contributed by atoms with van der Waals surface area (Å²) in [6.07, 6.45) is 0.667. The van der Waals surface area contributed by atoms with E-state index < -0.39 is 9.84 Å². The highest BCUT2D eigenvalue weighted by molar-refractivity contribution is 7.91. The second-order valence-corrected chi connectivity index (χ2v) is 7.65. The molecule has 2 aliphatic heterocycles. The summed E-state index contributed by atoms with van der Waals surface area (Å²) in [7, 11) is -2.88. The molecule has 2 aliphatic rings. The van der Waals surface area contributed by atoms with E-state index in [2.05, 4.69) is 10.6 Å². The molecule has 4 N–H and O–H groups in total. The molecular formula is C13H17N3O4S. The summed E-state index contributed by atoms with van der Waals surface area (Å²) in [6.45, 7) is 0.524. The molecule has 1 aromatic rings. The summed E-state index contributed by atoms with van der Waals surface area (Å²) >= 11 is 0. The molecule has 1 aromatic carbocycles. The van der Waals surface area contributed by atoms with Crippen molar-refractivity contribution in [1.29, 1.82) is 0 Å². The number of sulfone groups is 1. The predicted octanol–water partition coefficient (Wildman–Crippen LogP) is 0.446. The molecule has 0 bridgehead atoms. The van der Waals surface area contributed by atoms with Crippen LogP contribution < -0.4 is 21.1 Å². The summed E-state index contributed by atoms with van der Waals surface area (Å²) in [4.78, 5) is 11.3. The molecule has 1 saturated heterocycles. The summed E-state index contributed by atoms with van der Waals surface area (Å²) in [5.74, 6) is 0.894. The molecule has 0 aliphatic carbocycles. The maximum absolute atomic E-state index is 11.4. The van der Waals surface area contributed by atoms with E-state index in [4.69, 9.17) is 10.5 Å². The molecule has 7 nitrogen and oxygen atoms in total. The van der Waals surface area contributed by atoms with Gasteiger partial charge in [0, 0.05) is 12.6 Å². The first-order chi connectivity index (χ1) is 9.93. The molecule has 0 radical (unpaired) electrons. The summed E-state index contributed by atoms with van der Waals surface area (Å²) in [5.41, 5.74) is 7.69. The fourth-order valence-corrected chi connectivity index (χ4v) is 4.44. The van der Waals surface area contributed by atoms with Crippen LogP contribution in [0.15, 0.2) is 12.1 Å². The Morgan fingerprint density at radius 3 is 2.95 bits per heavy atom. The smallest absolute Gasteiger partial charge is 0.262 e. The van der Waals surface area contributed by atoms with E-state index in [1.165, 1.54) is 0 Å². The molecule has 2 heterocycles. The first-order valence-corrected chi connectivity index (χ1v) is 8.55. The lowest BCUT2D eigenvalue weighted by molar-refractivity contribution is -0.118. The van der Waals surface area contributed by atoms with Gasteiger partial charge in [-0.1, -0.05) is 0 Å². The number of amides is 1. The number of nitrogens with two attached hydrogens (primary N) is 1. The van der Waals surface area contributed by atoms with E-state index in [0.29, 0.717) is 35.8 Å². The number of hydrogen-bond acceptors (Lipinski definition) is 6. The maximum atomic E-state index is 11.4. The first kappa shape index (κ1) is 14.0. The first-order valence-electron chi connectivity index (χ1n) is 6.73. The van der Waals surface area contributed by atoms with E-state index in [9.17, 15) is 13.2 Å². The molecule has 21 heavy (non-hydrogen) atoms. The van der Waals surface area contributed by atoms with Gasteiger partial charge < -0.3 is 21.1 Å². The predicted molar refractivity (Wildman–Crippen MR) is 80.2 cm³/mol. The quantitative estimate of drug-likeness (QED) is 0.699. The van der Waals surface area contributed by atoms with Gasteiger partial charge in [-0.3, -0.25) is 4.79 Å². The van der Waals surface area contributed by atoms with Gasteiger partial charge in [0.05, 0.1) is 28.6 Å². The molecule has 1 unspecified atom stereocenters. The Hall–Kier alpha value is -1.96. The second kappa shape index (κ2) is 5.10. The highest BCUT2D eigenvalue weighted by Gasteiger charge is 2.27. The van der Waals surface area contributed by atoms with Gasteiger partial charge in [0.1, 0.15) is 5.75 Å². The van der Waals surface area contributed by atoms with Gasteiger partial charge in [-0.2, -0.15) is 0 Å². The number of rotatable bonds is 3. The lowest BCUT2D eigenvalue weighted by atomic mass is 10.1. The minimum Gasteiger partial charge on any atom is -0.482 e. The number of ether oxygens (including phenoxy) is 1. The van der Waals surface area contributed by atoms with Crippen molar-refractivity contribution in [3.63, 3.8) is 0 Å². The zero-order chi connectivity index (χ0) is 15.0. The van der Waals surface area contributed by atoms with Gasteiger partial charge in [-0.15, -0.1) is 0 Å². The molecule has 1 amide bonds. The lowest BCUT2D eigenvalue weighted by Crippen LogP contribution is -2.25. The van der Waals surface area contributed by atoms with Crippen molar-refractivity contribution in [2.75, 3.05) is 41.0 Å². The number of nitrogen functional groups attached to an aromatic ring is 1. The van der Waals surface area contributed by atoms with Crippen molar-refractivity contribution in [1.82, 2.24) is 0 Å². The molecule has 1 atom stereocenters. The van der Waals surface area contributed by atoms with Crippen LogP contribution in [0.4, 0.5) is 17.1 Å². The Bertz CT molecular complexity index is 687. The SMILES string of the molecule is Nc1cc2c(cc1NCC1CCS(=O)(=O)C1)NC(=O)CO2. The van der Waals surface area contributed by atoms with Crippen LogP contribution in [0.1, 0.15) is 6.42 Å². The van der Waals surface area contributed by atoms with Gasteiger partial charge in [0.2, 0.25) is 0 Å². The number of benzene rings is 1. The summed E-state index contributed by atoms with van der Waals surface area (Å²) in [5, 5.41) is 5.87. The fraction of sp³-hybridized carbons (Fsp3) is 0.462. The largest absolute Gasteiger partial charge is 0.482 e. The highest BCUT2D eigenvalue weighted by Crippen LogP contribution is 2.35. The van der Waals surface area contributed by atoms with Gasteiger partial charge >= 0.3 is 0 Å². The normalized spacial score (nSPS) is 23.0. The third-order valence-electron chi connectivity index (χ3n) is 3.69. The minimum atomic E-state index is -2.88. The number of carbonyl (C=O) groups is 1. The van der Waals surface area contributed by atoms with Gasteiger partial charge in [-0.25, -0.2) is 8.42 Å². The zero-order valence-corrected chi connectivity index (χ0v) is 12.2. The molecule has 0 saturated carbocycles. The zero-order valence-electron chi connectivity index (χ0n) is 11.4. The average Bonchev–Trinajstić information content (AvgIpc) is 2.76. The van der Waals surface area contributed by atoms with Gasteiger partial charge in [0.15, 0.2) is 16.4 Å². The molecule has 1 fully saturated rings. The van der Waals surface area contributed by atoms with Gasteiger partial charge in [-0.05, 0) is 18.4 Å². The van der Waals surface area contributed by atoms with E-state index in [1.54, 1.807) is 12.1 Å². The van der Waals surface area contributed by atoms with E-state index in [0.717, 1.165) is 0 Å². The van der Waals surface area contributed by atoms with Crippen molar-refractivity contribution in [2.24, 2.45) is 5.92 Å². The number of fused-ring (bicyclic) bond motifs is 1. The van der Waals surface area contributed by atoms with Crippen LogP contribution in [0.5, 0.6) is 5.75 Å². The summed E-state index contributed by atoms with van der Waals surface area (Å²) in [6, 6.07) is 3.37. The molecule has 0 spiro atoms. The third kappa shape index (κ3) is 3.05. The van der Waals surface area contributed by atoms with Crippen molar-refractivity contribution < 1.29 is 17.9 Å². The van der Waals surface area contributed by atoms with E-state index >= 15 is 0 Å². The van der Waals surface area contributed by atoms with E-state index in [1.807, 2.05) is 0 Å². The van der Waals surface area contributed by atoms with Crippen molar-refractivity contribution in [3.8, 4) is 5.75 Å². The lowest BCUT2D eigenvalue weighted by Gasteiger charge is -2.21. The van der Waals surface area contributed by atoms with Crippen LogP contribution in [0, 0.1) is 5.92 Å². The number of nitrogens with one attached hydrogen (secondary N) is 2. The van der Waals surface area contributed by atoms with Crippen molar-refractivity contribution in [3.05, 3.63) is 12.1 Å². The fourth-order valence-electron chi connectivity index (χ4n) is 2.58. The molecular weight excluding hydrogens is 294 g/mol. The Labute approximate surface area is 122 Å². The second-order valence-electron chi connectivity index (χ2n) is 5.42. The van der Waals surface area contributed by atoms with E-state index in [-0.39, 0.29) is 29.9 Å². The molecule has 3 rings (SSSR count). The molecule has 0 aromatic heterocycles. The maximum Gasteiger partial charge on any atom is 0.262 e. The number of carbonyl (C=O) groups excluding carboxylic acids is 1.